The van der Waals surface area contributed by atoms with Crippen molar-refractivity contribution in [3.05, 3.63) is 60.3 Å². The largest absolute Gasteiger partial charge is 0.481 e. The van der Waals surface area contributed by atoms with Crippen LogP contribution in [0, 0.1) is 6.92 Å². The smallest absolute Gasteiger partial charge is 0.439 e. The summed E-state index contributed by atoms with van der Waals surface area (Å²) in [6.45, 7) is 0.685. The van der Waals surface area contributed by atoms with E-state index in [-0.39, 0.29) is 17.4 Å². The number of phosphoric acid groups is 2. The molecule has 8 N–H and O–H groups in total. The van der Waals surface area contributed by atoms with Crippen LogP contribution in [0.1, 0.15) is 23.6 Å². The summed E-state index contributed by atoms with van der Waals surface area (Å²) < 4.78 is 59.0. The van der Waals surface area contributed by atoms with Crippen molar-refractivity contribution in [1.82, 2.24) is 24.6 Å². The number of carbonyl (C=O) groups is 1. The molecule has 8 rings (SSSR count). The Morgan fingerprint density at radius 3 is 2.47 bits per heavy atom. The van der Waals surface area contributed by atoms with Crippen molar-refractivity contribution in [3.63, 3.8) is 0 Å². The van der Waals surface area contributed by atoms with Gasteiger partial charge in [0, 0.05) is 11.6 Å². The van der Waals surface area contributed by atoms with Gasteiger partial charge in [-0.05, 0) is 24.1 Å². The number of carbonyl (C=O) groups excluding carboxylic acids is 1. The molecule has 0 radical (unpaired) electrons. The molecule has 5 aliphatic rings. The number of ether oxygens (including phenoxy) is 3. The van der Waals surface area contributed by atoms with Gasteiger partial charge < -0.3 is 50.2 Å². The lowest BCUT2D eigenvalue weighted by Gasteiger charge is -2.20. The summed E-state index contributed by atoms with van der Waals surface area (Å²) in [5.41, 5.74) is 8.19. The number of hydrogen-bond donors (Lipinski definition) is 7. The SMILES string of the molecule is Cc1cc[n+]([C@@H]2O[C@H](COP(=O)(O)OP(=O)(O)OC[C@@H]3O[C@H](n4cnc5c(N)nncc54)[C@@H](O)[C@H]3O)[C@@H](O)[C@H]2O)cc1C1=CC2OC(=O)N3C[C@@]23C=C1. The molecule has 1 aliphatic carbocycles. The van der Waals surface area contributed by atoms with E-state index in [0.29, 0.717) is 12.1 Å². The predicted molar refractivity (Wildman–Crippen MR) is 172 cm³/mol. The average Bonchev–Trinajstić information content (AvgIpc) is 3.28. The summed E-state index contributed by atoms with van der Waals surface area (Å²) in [5, 5.41) is 50.1. The van der Waals surface area contributed by atoms with Crippen LogP contribution in [0.2, 0.25) is 0 Å². The number of amides is 1. The minimum absolute atomic E-state index is 0.00582. The van der Waals surface area contributed by atoms with Gasteiger partial charge in [-0.1, -0.05) is 12.2 Å². The highest BCUT2D eigenvalue weighted by Gasteiger charge is 2.66. The number of fused-ring (bicyclic) bond motifs is 1. The van der Waals surface area contributed by atoms with Gasteiger partial charge in [0.05, 0.1) is 37.8 Å². The summed E-state index contributed by atoms with van der Waals surface area (Å²) >= 11 is 0. The fraction of sp³-hybridized carbons (Fsp3) is 0.483. The first kappa shape index (κ1) is 36.3. The molecule has 24 heteroatoms. The number of hydrogen-bond acceptors (Lipinski definition) is 17. The number of phosphoric ester groups is 2. The quantitative estimate of drug-likeness (QED) is 0.0677. The third-order valence-corrected chi connectivity index (χ3v) is 12.4. The maximum absolute atomic E-state index is 12.7. The zero-order valence-electron chi connectivity index (χ0n) is 27.4. The van der Waals surface area contributed by atoms with Crippen molar-refractivity contribution in [2.45, 2.75) is 67.6 Å². The van der Waals surface area contributed by atoms with Crippen LogP contribution in [-0.4, -0.2) is 129 Å². The van der Waals surface area contributed by atoms with E-state index in [9.17, 15) is 44.1 Å². The highest BCUT2D eigenvalue weighted by Crippen LogP contribution is 2.61. The highest BCUT2D eigenvalue weighted by atomic mass is 31.3. The van der Waals surface area contributed by atoms with Crippen LogP contribution < -0.4 is 10.3 Å². The van der Waals surface area contributed by atoms with Crippen LogP contribution in [0.4, 0.5) is 10.6 Å². The molecule has 0 aromatic carbocycles. The fourth-order valence-electron chi connectivity index (χ4n) is 6.87. The molecule has 7 heterocycles. The Morgan fingerprint density at radius 1 is 1.06 bits per heavy atom. The molecule has 1 spiro atoms. The fourth-order valence-corrected chi connectivity index (χ4v) is 8.97. The standard InChI is InChI=1S/C29H33N7O15P2/c1-13-3-5-34(8-15(13)14-2-4-29-11-36(29)28(41)50-19(29)6-14)26-23(39)21(37)17(48-26)9-46-52(42,43)51-53(44,45)47-10-18-22(38)24(40)27(49-18)35-12-31-20-16(35)7-32-33-25(20)30/h2-8,12,17-19,21-24,26-27,37-40H,9-11H2,1H3,(H3-,30,33,42,43,44,45)/p+1/t17-,18+,19?,21-,22+,23-,24+,26-,27+,29+,36?/m1/s1. The predicted octanol–water partition coefficient (Wildman–Crippen LogP) is -1.28. The number of anilines is 1. The molecule has 284 valence electrons. The van der Waals surface area contributed by atoms with Crippen molar-refractivity contribution in [3.8, 4) is 0 Å². The minimum atomic E-state index is -5.39. The van der Waals surface area contributed by atoms with Gasteiger partial charge in [-0.25, -0.2) is 18.9 Å². The summed E-state index contributed by atoms with van der Waals surface area (Å²) in [6, 6.07) is 1.75. The van der Waals surface area contributed by atoms with Gasteiger partial charge in [0.15, 0.2) is 36.6 Å². The second kappa shape index (κ2) is 12.9. The van der Waals surface area contributed by atoms with Gasteiger partial charge >= 0.3 is 21.7 Å². The Kier molecular flexibility index (Phi) is 8.86. The molecule has 3 aromatic heterocycles. The first-order valence-electron chi connectivity index (χ1n) is 16.1. The van der Waals surface area contributed by atoms with Crippen LogP contribution in [0.25, 0.3) is 16.6 Å². The highest BCUT2D eigenvalue weighted by molar-refractivity contribution is 7.61. The summed E-state index contributed by atoms with van der Waals surface area (Å²) in [5.74, 6) is 0.00582. The Balaban J connectivity index is 0.870. The van der Waals surface area contributed by atoms with E-state index in [1.807, 2.05) is 25.2 Å². The Hall–Kier alpha value is -3.73. The molecule has 0 bridgehead atoms. The number of aliphatic hydroxyl groups is 4. The van der Waals surface area contributed by atoms with E-state index in [0.717, 1.165) is 16.7 Å². The molecular weight excluding hydrogens is 748 g/mol. The second-order valence-electron chi connectivity index (χ2n) is 13.1. The van der Waals surface area contributed by atoms with E-state index in [2.05, 4.69) is 19.5 Å². The van der Waals surface area contributed by atoms with Crippen LogP contribution in [0.15, 0.2) is 49.2 Å². The lowest BCUT2D eigenvalue weighted by atomic mass is 9.90. The minimum Gasteiger partial charge on any atom is -0.439 e. The first-order chi connectivity index (χ1) is 25.1. The number of rotatable bonds is 11. The number of nitrogens with two attached hydrogens (primary N) is 1. The Bertz CT molecular complexity index is 2140. The van der Waals surface area contributed by atoms with E-state index < -0.39 is 89.6 Å². The first-order valence-corrected chi connectivity index (χ1v) is 19.1. The van der Waals surface area contributed by atoms with Crippen LogP contribution in [-0.2, 0) is 36.7 Å². The molecule has 53 heavy (non-hydrogen) atoms. The number of aromatic nitrogens is 5. The summed E-state index contributed by atoms with van der Waals surface area (Å²) in [6.07, 6.45) is -1.02. The van der Waals surface area contributed by atoms with Gasteiger partial charge in [0.2, 0.25) is 0 Å². The summed E-state index contributed by atoms with van der Waals surface area (Å²) in [4.78, 5) is 38.2. The number of allylic oxidation sites excluding steroid dienone is 2. The summed E-state index contributed by atoms with van der Waals surface area (Å²) in [7, 11) is -10.8. The van der Waals surface area contributed by atoms with Gasteiger partial charge in [0.25, 0.3) is 6.23 Å². The van der Waals surface area contributed by atoms with Crippen molar-refractivity contribution in [2.24, 2.45) is 0 Å². The number of nitrogens with zero attached hydrogens (tertiary/aromatic N) is 6. The van der Waals surface area contributed by atoms with Gasteiger partial charge in [-0.15, -0.1) is 5.10 Å². The molecule has 0 saturated carbocycles. The zero-order chi connectivity index (χ0) is 37.6. The van der Waals surface area contributed by atoms with E-state index >= 15 is 0 Å². The van der Waals surface area contributed by atoms with E-state index in [1.54, 1.807) is 23.4 Å². The average molecular weight is 783 g/mol. The molecule has 12 atom stereocenters. The van der Waals surface area contributed by atoms with Crippen LogP contribution in [0.3, 0.4) is 0 Å². The maximum atomic E-state index is 12.7. The Labute approximate surface area is 298 Å². The van der Waals surface area contributed by atoms with Crippen LogP contribution in [0.5, 0.6) is 0 Å². The Morgan fingerprint density at radius 2 is 1.75 bits per heavy atom. The molecule has 4 saturated heterocycles. The molecule has 3 aromatic rings. The third kappa shape index (κ3) is 6.38. The molecule has 22 nitrogen and oxygen atoms in total. The van der Waals surface area contributed by atoms with Gasteiger partial charge in [-0.3, -0.25) is 18.5 Å². The van der Waals surface area contributed by atoms with Gasteiger partial charge in [0.1, 0.15) is 41.6 Å². The number of imidazole rings is 1. The lowest BCUT2D eigenvalue weighted by molar-refractivity contribution is -0.765. The molecule has 4 fully saturated rings. The van der Waals surface area contributed by atoms with Crippen LogP contribution >= 0.6 is 15.6 Å². The maximum Gasteiger partial charge on any atom is 0.481 e. The third-order valence-electron chi connectivity index (χ3n) is 9.82. The van der Waals surface area contributed by atoms with E-state index in [4.69, 9.17) is 29.0 Å². The number of aliphatic hydroxyl groups excluding tert-OH is 4. The number of nitrogen functional groups attached to an aromatic ring is 1. The van der Waals surface area contributed by atoms with Crippen molar-refractivity contribution in [2.75, 3.05) is 25.5 Å². The topological polar surface area (TPSA) is 304 Å². The zero-order valence-corrected chi connectivity index (χ0v) is 29.2. The van der Waals surface area contributed by atoms with Gasteiger partial charge in [-0.2, -0.15) is 14.0 Å². The molecule has 1 amide bonds. The lowest BCUT2D eigenvalue weighted by Crippen LogP contribution is -2.46. The molecule has 3 unspecified atom stereocenters. The second-order valence-corrected chi connectivity index (χ2v) is 16.2. The van der Waals surface area contributed by atoms with Crippen molar-refractivity contribution >= 4 is 44.2 Å². The normalized spacial score (nSPS) is 35.5. The number of aryl methyl sites for hydroxylation is 1. The van der Waals surface area contributed by atoms with Crippen molar-refractivity contribution in [1.29, 1.82) is 0 Å². The van der Waals surface area contributed by atoms with E-state index in [1.165, 1.54) is 21.7 Å². The molecular formula is C29H34N7O15P2+. The monoisotopic (exact) mass is 782 g/mol. The number of pyridine rings is 1. The van der Waals surface area contributed by atoms with Crippen molar-refractivity contribution < 1.29 is 76.3 Å². The molecule has 4 aliphatic heterocycles.